The van der Waals surface area contributed by atoms with Crippen molar-refractivity contribution in [1.29, 1.82) is 0 Å². The largest absolute Gasteiger partial charge is 0.508 e. The van der Waals surface area contributed by atoms with Crippen molar-refractivity contribution < 1.29 is 29.3 Å². The van der Waals surface area contributed by atoms with Gasteiger partial charge in [0.25, 0.3) is 5.91 Å². The Kier molecular flexibility index (Phi) is 5.87. The number of phenols is 1. The lowest BCUT2D eigenvalue weighted by Crippen LogP contribution is -2.42. The zero-order valence-corrected chi connectivity index (χ0v) is 17.7. The van der Waals surface area contributed by atoms with Crippen molar-refractivity contribution in [2.45, 2.75) is 32.0 Å². The Hall–Kier alpha value is -3.06. The molecule has 2 aromatic rings. The predicted molar refractivity (Wildman–Crippen MR) is 113 cm³/mol. The minimum Gasteiger partial charge on any atom is -0.508 e. The molecule has 164 valence electrons. The fourth-order valence-electron chi connectivity index (χ4n) is 4.60. The summed E-state index contributed by atoms with van der Waals surface area (Å²) in [6, 6.07) is 11.7. The van der Waals surface area contributed by atoms with Crippen LogP contribution in [-0.2, 0) is 4.74 Å². The summed E-state index contributed by atoms with van der Waals surface area (Å²) in [7, 11) is 1.33. The van der Waals surface area contributed by atoms with Gasteiger partial charge in [-0.3, -0.25) is 4.79 Å². The van der Waals surface area contributed by atoms with Crippen LogP contribution in [0.25, 0.3) is 0 Å². The number of ether oxygens (including phenoxy) is 2. The van der Waals surface area contributed by atoms with Crippen LogP contribution >= 0.6 is 0 Å². The maximum atomic E-state index is 12.9. The molecule has 0 spiro atoms. The number of aryl methyl sites for hydroxylation is 1. The molecule has 1 saturated heterocycles. The second-order valence-corrected chi connectivity index (χ2v) is 8.45. The van der Waals surface area contributed by atoms with Crippen LogP contribution in [0.3, 0.4) is 0 Å². The van der Waals surface area contributed by atoms with E-state index in [1.54, 1.807) is 48.2 Å². The molecule has 0 aromatic heterocycles. The minimum atomic E-state index is -0.651. The van der Waals surface area contributed by atoms with Gasteiger partial charge in [0.15, 0.2) is 0 Å². The Balaban J connectivity index is 1.43. The summed E-state index contributed by atoms with van der Waals surface area (Å²) in [6.45, 7) is 2.96. The summed E-state index contributed by atoms with van der Waals surface area (Å²) in [6.07, 6.45) is 0.112. The Morgan fingerprint density at radius 3 is 2.48 bits per heavy atom. The van der Waals surface area contributed by atoms with Crippen LogP contribution in [0.15, 0.2) is 42.5 Å². The molecule has 2 aliphatic rings. The fourth-order valence-corrected chi connectivity index (χ4v) is 4.60. The van der Waals surface area contributed by atoms with Gasteiger partial charge < -0.3 is 24.6 Å². The quantitative estimate of drug-likeness (QED) is 0.732. The molecule has 7 heteroatoms. The van der Waals surface area contributed by atoms with Gasteiger partial charge in [0.1, 0.15) is 17.6 Å². The van der Waals surface area contributed by atoms with Crippen molar-refractivity contribution in [3.8, 4) is 11.5 Å². The second-order valence-electron chi connectivity index (χ2n) is 8.45. The van der Waals surface area contributed by atoms with E-state index in [9.17, 15) is 19.8 Å². The number of hydrogen-bond donors (Lipinski definition) is 2. The molecule has 1 aliphatic heterocycles. The molecule has 7 nitrogen and oxygen atoms in total. The average molecular weight is 425 g/mol. The number of fused-ring (bicyclic) bond motifs is 1. The van der Waals surface area contributed by atoms with Crippen LogP contribution in [0.1, 0.15) is 39.1 Å². The third-order valence-electron chi connectivity index (χ3n) is 6.37. The van der Waals surface area contributed by atoms with E-state index in [1.807, 2.05) is 0 Å². The van der Waals surface area contributed by atoms with E-state index in [0.717, 1.165) is 5.56 Å². The lowest BCUT2D eigenvalue weighted by Gasteiger charge is -2.35. The number of aliphatic hydroxyl groups is 1. The summed E-state index contributed by atoms with van der Waals surface area (Å²) >= 11 is 0. The number of methoxy groups -OCH3 is 1. The molecular formula is C24H27NO6. The smallest absolute Gasteiger partial charge is 0.337 e. The van der Waals surface area contributed by atoms with Gasteiger partial charge in [0.05, 0.1) is 18.8 Å². The Morgan fingerprint density at radius 2 is 1.77 bits per heavy atom. The molecule has 2 aromatic carbocycles. The molecule has 31 heavy (non-hydrogen) atoms. The molecule has 4 atom stereocenters. The highest BCUT2D eigenvalue weighted by Gasteiger charge is 2.44. The predicted octanol–water partition coefficient (Wildman–Crippen LogP) is 2.78. The number of nitrogens with zero attached hydrogens (tertiary/aromatic N) is 1. The SMILES string of the molecule is COC(=O)c1cccc(O[C@@H]2C[C@@H]3CN(C(=O)c4ccc(C)c(O)c4)C[C@@H]3C[C@H]2O)c1. The number of benzene rings is 2. The van der Waals surface area contributed by atoms with Crippen LogP contribution in [-0.4, -0.2) is 59.4 Å². The van der Waals surface area contributed by atoms with Crippen LogP contribution in [0.4, 0.5) is 0 Å². The Labute approximate surface area is 181 Å². The molecule has 4 rings (SSSR count). The summed E-state index contributed by atoms with van der Waals surface area (Å²) in [5.41, 5.74) is 1.59. The highest BCUT2D eigenvalue weighted by molar-refractivity contribution is 5.95. The van der Waals surface area contributed by atoms with Gasteiger partial charge in [0.2, 0.25) is 0 Å². The highest BCUT2D eigenvalue weighted by Crippen LogP contribution is 2.38. The number of aliphatic hydroxyl groups excluding tert-OH is 1. The first-order valence-corrected chi connectivity index (χ1v) is 10.5. The molecule has 1 saturated carbocycles. The molecule has 1 heterocycles. The number of aromatic hydroxyl groups is 1. The maximum Gasteiger partial charge on any atom is 0.337 e. The average Bonchev–Trinajstić information content (AvgIpc) is 3.17. The molecule has 0 radical (unpaired) electrons. The first kappa shape index (κ1) is 21.2. The molecule has 1 amide bonds. The van der Waals surface area contributed by atoms with Crippen molar-refractivity contribution in [1.82, 2.24) is 4.90 Å². The van der Waals surface area contributed by atoms with Gasteiger partial charge in [-0.1, -0.05) is 12.1 Å². The summed E-state index contributed by atoms with van der Waals surface area (Å²) in [4.78, 5) is 26.5. The molecule has 2 N–H and O–H groups in total. The minimum absolute atomic E-state index is 0.109. The van der Waals surface area contributed by atoms with Crippen LogP contribution < -0.4 is 4.74 Å². The van der Waals surface area contributed by atoms with Crippen molar-refractivity contribution >= 4 is 11.9 Å². The van der Waals surface area contributed by atoms with Crippen molar-refractivity contribution in [2.75, 3.05) is 20.2 Å². The number of likely N-dealkylation sites (tertiary alicyclic amines) is 1. The van der Waals surface area contributed by atoms with Gasteiger partial charge in [0, 0.05) is 18.7 Å². The lowest BCUT2D eigenvalue weighted by atomic mass is 9.78. The van der Waals surface area contributed by atoms with Gasteiger partial charge in [-0.05, 0) is 67.5 Å². The summed E-state index contributed by atoms with van der Waals surface area (Å²) in [5.74, 6) is 0.496. The van der Waals surface area contributed by atoms with Crippen molar-refractivity contribution in [3.05, 3.63) is 59.2 Å². The zero-order chi connectivity index (χ0) is 22.1. The highest BCUT2D eigenvalue weighted by atomic mass is 16.5. The molecule has 0 bridgehead atoms. The van der Waals surface area contributed by atoms with Gasteiger partial charge in [-0.25, -0.2) is 4.79 Å². The topological polar surface area (TPSA) is 96.3 Å². The Bertz CT molecular complexity index is 990. The second kappa shape index (κ2) is 8.59. The Morgan fingerprint density at radius 1 is 1.03 bits per heavy atom. The van der Waals surface area contributed by atoms with Crippen LogP contribution in [0.5, 0.6) is 11.5 Å². The molecular weight excluding hydrogens is 398 g/mol. The van der Waals surface area contributed by atoms with E-state index in [1.165, 1.54) is 13.2 Å². The monoisotopic (exact) mass is 425 g/mol. The zero-order valence-electron chi connectivity index (χ0n) is 17.7. The molecule has 1 aliphatic carbocycles. The standard InChI is InChI=1S/C24H27NO6/c1-14-6-7-15(9-20(14)26)23(28)25-12-17-10-21(27)22(11-18(17)13-25)31-19-5-3-4-16(8-19)24(29)30-2/h3-9,17-18,21-22,26-27H,10-13H2,1-2H3/t17-,18+,21+,22+/m0/s1. The van der Waals surface area contributed by atoms with E-state index < -0.39 is 18.2 Å². The number of rotatable bonds is 4. The van der Waals surface area contributed by atoms with E-state index in [0.29, 0.717) is 42.8 Å². The first-order valence-electron chi connectivity index (χ1n) is 10.5. The number of carbonyl (C=O) groups excluding carboxylic acids is 2. The van der Waals surface area contributed by atoms with Crippen molar-refractivity contribution in [3.63, 3.8) is 0 Å². The van der Waals surface area contributed by atoms with Crippen LogP contribution in [0.2, 0.25) is 0 Å². The third kappa shape index (κ3) is 4.37. The van der Waals surface area contributed by atoms with E-state index in [2.05, 4.69) is 0 Å². The molecule has 0 unspecified atom stereocenters. The lowest BCUT2D eigenvalue weighted by molar-refractivity contribution is -0.0231. The van der Waals surface area contributed by atoms with E-state index in [4.69, 9.17) is 9.47 Å². The first-order chi connectivity index (χ1) is 14.9. The number of hydrogen-bond acceptors (Lipinski definition) is 6. The van der Waals surface area contributed by atoms with Gasteiger partial charge >= 0.3 is 5.97 Å². The molecule has 2 fully saturated rings. The number of amides is 1. The summed E-state index contributed by atoms with van der Waals surface area (Å²) < 4.78 is 10.8. The summed E-state index contributed by atoms with van der Waals surface area (Å²) in [5, 5.41) is 20.6. The number of esters is 1. The van der Waals surface area contributed by atoms with Crippen molar-refractivity contribution in [2.24, 2.45) is 11.8 Å². The normalized spacial score (nSPS) is 25.1. The fraction of sp³-hybridized carbons (Fsp3) is 0.417. The van der Waals surface area contributed by atoms with E-state index >= 15 is 0 Å². The van der Waals surface area contributed by atoms with E-state index in [-0.39, 0.29) is 23.5 Å². The third-order valence-corrected chi connectivity index (χ3v) is 6.37. The van der Waals surface area contributed by atoms with Gasteiger partial charge in [-0.15, -0.1) is 0 Å². The number of carbonyl (C=O) groups is 2. The number of phenolic OH excluding ortho intramolecular Hbond substituents is 1. The maximum absolute atomic E-state index is 12.9. The van der Waals surface area contributed by atoms with Gasteiger partial charge in [-0.2, -0.15) is 0 Å². The van der Waals surface area contributed by atoms with Crippen LogP contribution in [0, 0.1) is 18.8 Å².